The first kappa shape index (κ1) is 15.5. The lowest BCUT2D eigenvalue weighted by atomic mass is 9.82. The number of ether oxygens (including phenoxy) is 1. The summed E-state index contributed by atoms with van der Waals surface area (Å²) in [5.74, 6) is 0.0658. The molecule has 2 saturated heterocycles. The van der Waals surface area contributed by atoms with Gasteiger partial charge in [0, 0.05) is 58.0 Å². The van der Waals surface area contributed by atoms with Crippen molar-refractivity contribution in [3.63, 3.8) is 0 Å². The Kier molecular flexibility index (Phi) is 4.49. The van der Waals surface area contributed by atoms with E-state index < -0.39 is 0 Å². The maximum absolute atomic E-state index is 11.3. The molecule has 6 heteroatoms. The van der Waals surface area contributed by atoms with Crippen molar-refractivity contribution in [1.29, 1.82) is 0 Å². The first-order valence-corrected chi connectivity index (χ1v) is 8.16. The number of amides is 1. The molecule has 3 heterocycles. The maximum Gasteiger partial charge on any atom is 0.217 e. The number of nitrogens with zero attached hydrogens (tertiary/aromatic N) is 3. The molecule has 2 fully saturated rings. The lowest BCUT2D eigenvalue weighted by Gasteiger charge is -2.46. The first-order chi connectivity index (χ1) is 10.5. The quantitative estimate of drug-likeness (QED) is 0.907. The van der Waals surface area contributed by atoms with Crippen LogP contribution >= 0.6 is 0 Å². The predicted molar refractivity (Wildman–Crippen MR) is 83.2 cm³/mol. The van der Waals surface area contributed by atoms with Crippen LogP contribution < -0.4 is 5.32 Å². The molecular weight excluding hydrogens is 280 g/mol. The van der Waals surface area contributed by atoms with E-state index in [1.54, 1.807) is 6.92 Å². The number of rotatable bonds is 3. The zero-order valence-electron chi connectivity index (χ0n) is 13.5. The summed E-state index contributed by atoms with van der Waals surface area (Å²) in [4.78, 5) is 13.7. The second kappa shape index (κ2) is 6.38. The van der Waals surface area contributed by atoms with Gasteiger partial charge in [-0.2, -0.15) is 5.10 Å². The fourth-order valence-electron chi connectivity index (χ4n) is 3.72. The van der Waals surface area contributed by atoms with E-state index in [2.05, 4.69) is 21.5 Å². The SMILES string of the molecule is CC(=O)NC1CCOC2(CCN(Cc3cnn(C)c3)CC2)C1. The molecule has 0 aliphatic carbocycles. The van der Waals surface area contributed by atoms with Crippen LogP contribution in [0.4, 0.5) is 0 Å². The number of piperidine rings is 1. The Morgan fingerprint density at radius 2 is 2.27 bits per heavy atom. The Labute approximate surface area is 131 Å². The molecule has 1 N–H and O–H groups in total. The highest BCUT2D eigenvalue weighted by Crippen LogP contribution is 2.35. The minimum Gasteiger partial charge on any atom is -0.375 e. The summed E-state index contributed by atoms with van der Waals surface area (Å²) in [6, 6.07) is 0.274. The summed E-state index contributed by atoms with van der Waals surface area (Å²) in [6.45, 7) is 5.40. The van der Waals surface area contributed by atoms with Gasteiger partial charge in [0.2, 0.25) is 5.91 Å². The van der Waals surface area contributed by atoms with Gasteiger partial charge in [0.05, 0.1) is 11.8 Å². The van der Waals surface area contributed by atoms with Crippen LogP contribution in [0.2, 0.25) is 0 Å². The normalized spacial score (nSPS) is 25.3. The molecule has 3 rings (SSSR count). The highest BCUT2D eigenvalue weighted by atomic mass is 16.5. The van der Waals surface area contributed by atoms with Gasteiger partial charge in [-0.25, -0.2) is 0 Å². The lowest BCUT2D eigenvalue weighted by Crippen LogP contribution is -2.53. The summed E-state index contributed by atoms with van der Waals surface area (Å²) in [6.07, 6.45) is 7.99. The second-order valence-electron chi connectivity index (χ2n) is 6.72. The minimum absolute atomic E-state index is 0.0309. The molecule has 1 aromatic rings. The third-order valence-electron chi connectivity index (χ3n) is 4.83. The van der Waals surface area contributed by atoms with Crippen molar-refractivity contribution in [3.8, 4) is 0 Å². The van der Waals surface area contributed by atoms with E-state index in [-0.39, 0.29) is 17.6 Å². The Balaban J connectivity index is 1.52. The van der Waals surface area contributed by atoms with Crippen LogP contribution in [0.5, 0.6) is 0 Å². The lowest BCUT2D eigenvalue weighted by molar-refractivity contribution is -0.130. The summed E-state index contributed by atoms with van der Waals surface area (Å²) in [5.41, 5.74) is 1.23. The number of hydrogen-bond acceptors (Lipinski definition) is 4. The Morgan fingerprint density at radius 1 is 1.50 bits per heavy atom. The highest BCUT2D eigenvalue weighted by Gasteiger charge is 2.40. The van der Waals surface area contributed by atoms with Crippen LogP contribution in [0.1, 0.15) is 38.2 Å². The Hall–Kier alpha value is -1.40. The zero-order valence-corrected chi connectivity index (χ0v) is 13.5. The van der Waals surface area contributed by atoms with Gasteiger partial charge in [0.15, 0.2) is 0 Å². The average Bonchev–Trinajstić information content (AvgIpc) is 2.87. The van der Waals surface area contributed by atoms with Gasteiger partial charge >= 0.3 is 0 Å². The molecule has 1 atom stereocenters. The van der Waals surface area contributed by atoms with E-state index >= 15 is 0 Å². The molecule has 0 bridgehead atoms. The third-order valence-corrected chi connectivity index (χ3v) is 4.83. The van der Waals surface area contributed by atoms with Gasteiger partial charge in [-0.15, -0.1) is 0 Å². The molecule has 0 saturated carbocycles. The average molecular weight is 306 g/mol. The minimum atomic E-state index is -0.0309. The monoisotopic (exact) mass is 306 g/mol. The van der Waals surface area contributed by atoms with Crippen LogP contribution in [0.25, 0.3) is 0 Å². The Morgan fingerprint density at radius 3 is 2.91 bits per heavy atom. The van der Waals surface area contributed by atoms with Crippen LogP contribution in [0.3, 0.4) is 0 Å². The molecule has 2 aliphatic heterocycles. The van der Waals surface area contributed by atoms with Gasteiger partial charge in [0.25, 0.3) is 0 Å². The van der Waals surface area contributed by atoms with Crippen molar-refractivity contribution in [1.82, 2.24) is 20.0 Å². The van der Waals surface area contributed by atoms with Gasteiger partial charge in [-0.3, -0.25) is 14.4 Å². The number of likely N-dealkylation sites (tertiary alicyclic amines) is 1. The number of hydrogen-bond donors (Lipinski definition) is 1. The smallest absolute Gasteiger partial charge is 0.217 e. The largest absolute Gasteiger partial charge is 0.375 e. The molecule has 2 aliphatic rings. The number of carbonyl (C=O) groups is 1. The molecule has 0 aromatic carbocycles. The third kappa shape index (κ3) is 3.67. The fraction of sp³-hybridized carbons (Fsp3) is 0.750. The van der Waals surface area contributed by atoms with Crippen molar-refractivity contribution >= 4 is 5.91 Å². The number of nitrogens with one attached hydrogen (secondary N) is 1. The molecule has 1 aromatic heterocycles. The van der Waals surface area contributed by atoms with E-state index in [9.17, 15) is 4.79 Å². The van der Waals surface area contributed by atoms with Gasteiger partial charge in [-0.1, -0.05) is 0 Å². The fourth-order valence-corrected chi connectivity index (χ4v) is 3.72. The van der Waals surface area contributed by atoms with E-state index in [4.69, 9.17) is 4.74 Å². The maximum atomic E-state index is 11.3. The Bertz CT molecular complexity index is 520. The standard InChI is InChI=1S/C16H26N4O2/c1-13(21)18-15-3-8-22-16(9-15)4-6-20(7-5-16)12-14-10-17-19(2)11-14/h10-11,15H,3-9,12H2,1-2H3,(H,18,21). The molecule has 22 heavy (non-hydrogen) atoms. The molecule has 0 radical (unpaired) electrons. The van der Waals surface area contributed by atoms with Gasteiger partial charge in [-0.05, 0) is 25.7 Å². The zero-order chi connectivity index (χ0) is 15.6. The molecule has 1 spiro atoms. The number of aromatic nitrogens is 2. The van der Waals surface area contributed by atoms with Crippen LogP contribution in [0.15, 0.2) is 12.4 Å². The topological polar surface area (TPSA) is 59.4 Å². The van der Waals surface area contributed by atoms with E-state index in [0.717, 1.165) is 51.9 Å². The van der Waals surface area contributed by atoms with Crippen molar-refractivity contribution in [2.24, 2.45) is 7.05 Å². The van der Waals surface area contributed by atoms with Gasteiger partial charge < -0.3 is 10.1 Å². The molecule has 1 unspecified atom stereocenters. The van der Waals surface area contributed by atoms with E-state index in [1.807, 2.05) is 17.9 Å². The van der Waals surface area contributed by atoms with Gasteiger partial charge in [0.1, 0.15) is 0 Å². The molecule has 1 amide bonds. The molecule has 6 nitrogen and oxygen atoms in total. The first-order valence-electron chi connectivity index (χ1n) is 8.16. The summed E-state index contributed by atoms with van der Waals surface area (Å²) >= 11 is 0. The highest BCUT2D eigenvalue weighted by molar-refractivity contribution is 5.73. The van der Waals surface area contributed by atoms with Crippen LogP contribution in [0, 0.1) is 0 Å². The molecular formula is C16H26N4O2. The summed E-state index contributed by atoms with van der Waals surface area (Å²) < 4.78 is 7.98. The van der Waals surface area contributed by atoms with E-state index in [1.165, 1.54) is 5.56 Å². The van der Waals surface area contributed by atoms with Crippen molar-refractivity contribution in [2.75, 3.05) is 19.7 Å². The number of aryl methyl sites for hydroxylation is 1. The summed E-state index contributed by atoms with van der Waals surface area (Å²) in [7, 11) is 1.95. The number of carbonyl (C=O) groups excluding carboxylic acids is 1. The second-order valence-corrected chi connectivity index (χ2v) is 6.72. The van der Waals surface area contributed by atoms with Crippen molar-refractivity contribution < 1.29 is 9.53 Å². The summed E-state index contributed by atoms with van der Waals surface area (Å²) in [5, 5.41) is 7.29. The van der Waals surface area contributed by atoms with Crippen LogP contribution in [-0.2, 0) is 23.1 Å². The van der Waals surface area contributed by atoms with Crippen LogP contribution in [-0.4, -0.2) is 51.9 Å². The van der Waals surface area contributed by atoms with Crippen molar-refractivity contribution in [2.45, 2.75) is 50.8 Å². The predicted octanol–water partition coefficient (Wildman–Crippen LogP) is 1.07. The van der Waals surface area contributed by atoms with E-state index in [0.29, 0.717) is 0 Å². The van der Waals surface area contributed by atoms with Crippen molar-refractivity contribution in [3.05, 3.63) is 18.0 Å². The molecule has 122 valence electrons.